The summed E-state index contributed by atoms with van der Waals surface area (Å²) in [6.07, 6.45) is 6.74. The predicted molar refractivity (Wildman–Crippen MR) is 125 cm³/mol. The van der Waals surface area contributed by atoms with Crippen molar-refractivity contribution in [3.63, 3.8) is 0 Å². The smallest absolute Gasteiger partial charge is 0.238 e. The molecule has 0 atom stereocenters. The van der Waals surface area contributed by atoms with Gasteiger partial charge in [-0.05, 0) is 57.0 Å². The third-order valence-electron chi connectivity index (χ3n) is 6.67. The first-order chi connectivity index (χ1) is 15.9. The molecule has 3 aromatic heterocycles. The maximum Gasteiger partial charge on any atom is 0.238 e. The molecule has 1 aliphatic heterocycles. The Balaban J connectivity index is 1.43. The van der Waals surface area contributed by atoms with Gasteiger partial charge in [-0.3, -0.25) is 9.69 Å². The highest BCUT2D eigenvalue weighted by atomic mass is 16.5. The first-order valence-electron chi connectivity index (χ1n) is 11.0. The number of methoxy groups -OCH3 is 2. The number of anilines is 3. The van der Waals surface area contributed by atoms with Gasteiger partial charge in [-0.1, -0.05) is 6.07 Å². The molecule has 4 heterocycles. The van der Waals surface area contributed by atoms with E-state index in [-0.39, 0.29) is 18.0 Å². The number of carbonyl (C=O) groups is 1. The molecule has 0 radical (unpaired) electrons. The molecule has 0 bridgehead atoms. The van der Waals surface area contributed by atoms with Crippen LogP contribution in [0.1, 0.15) is 32.3 Å². The SMILES string of the molecule is COc1ccc(N(c2ccc(OC)cn2)C2CC(N3C(=O)C(C)(C)c4cccnc43)C2)nc1. The van der Waals surface area contributed by atoms with E-state index in [0.29, 0.717) is 11.5 Å². The normalized spacial score (nSPS) is 20.7. The standard InChI is InChI=1S/C25H27N5O3/c1-25(2)20-6-5-11-26-23(20)30(24(25)31)17-12-16(13-17)29(21-9-7-18(32-3)14-27-21)22-10-8-19(33-4)15-28-22/h5-11,14-17H,12-13H2,1-4H3. The van der Waals surface area contributed by atoms with Crippen LogP contribution >= 0.6 is 0 Å². The van der Waals surface area contributed by atoms with Crippen molar-refractivity contribution in [3.05, 3.63) is 60.6 Å². The Labute approximate surface area is 193 Å². The minimum Gasteiger partial charge on any atom is -0.495 e. The Kier molecular flexibility index (Phi) is 5.15. The Bertz CT molecular complexity index is 1110. The number of pyridine rings is 3. The molecule has 8 nitrogen and oxygen atoms in total. The van der Waals surface area contributed by atoms with Gasteiger partial charge in [0, 0.05) is 23.8 Å². The highest BCUT2D eigenvalue weighted by molar-refractivity contribution is 6.07. The van der Waals surface area contributed by atoms with E-state index in [2.05, 4.69) is 19.9 Å². The zero-order valence-electron chi connectivity index (χ0n) is 19.2. The van der Waals surface area contributed by atoms with Gasteiger partial charge in [0.2, 0.25) is 5.91 Å². The molecule has 5 rings (SSSR count). The number of fused-ring (bicyclic) bond motifs is 1. The third-order valence-corrected chi connectivity index (χ3v) is 6.67. The van der Waals surface area contributed by atoms with Gasteiger partial charge in [0.1, 0.15) is 29.0 Å². The Hall–Kier alpha value is -3.68. The molecule has 1 fully saturated rings. The summed E-state index contributed by atoms with van der Waals surface area (Å²) in [5, 5.41) is 0. The van der Waals surface area contributed by atoms with Gasteiger partial charge >= 0.3 is 0 Å². The third kappa shape index (κ3) is 3.46. The predicted octanol–water partition coefficient (Wildman–Crippen LogP) is 3.88. The Morgan fingerprint density at radius 2 is 1.55 bits per heavy atom. The number of nitrogens with zero attached hydrogens (tertiary/aromatic N) is 5. The first kappa shape index (κ1) is 21.2. The van der Waals surface area contributed by atoms with E-state index in [9.17, 15) is 4.79 Å². The highest BCUT2D eigenvalue weighted by Crippen LogP contribution is 2.46. The number of hydrogen-bond acceptors (Lipinski definition) is 7. The first-order valence-corrected chi connectivity index (χ1v) is 11.0. The summed E-state index contributed by atoms with van der Waals surface area (Å²) < 4.78 is 10.5. The number of ether oxygens (including phenoxy) is 2. The summed E-state index contributed by atoms with van der Waals surface area (Å²) >= 11 is 0. The molecule has 0 spiro atoms. The Morgan fingerprint density at radius 1 is 0.939 bits per heavy atom. The van der Waals surface area contributed by atoms with Gasteiger partial charge in [0.15, 0.2) is 0 Å². The molecular formula is C25H27N5O3. The van der Waals surface area contributed by atoms with Crippen molar-refractivity contribution in [2.45, 2.75) is 44.2 Å². The number of amides is 1. The summed E-state index contributed by atoms with van der Waals surface area (Å²) in [5.41, 5.74) is 0.424. The minimum absolute atomic E-state index is 0.0805. The fourth-order valence-electron chi connectivity index (χ4n) is 4.67. The van der Waals surface area contributed by atoms with E-state index in [1.807, 2.05) is 55.1 Å². The van der Waals surface area contributed by atoms with Crippen molar-refractivity contribution in [1.82, 2.24) is 15.0 Å². The van der Waals surface area contributed by atoms with Crippen molar-refractivity contribution < 1.29 is 14.3 Å². The van der Waals surface area contributed by atoms with Gasteiger partial charge in [-0.25, -0.2) is 15.0 Å². The molecule has 1 amide bonds. The van der Waals surface area contributed by atoms with E-state index >= 15 is 0 Å². The summed E-state index contributed by atoms with van der Waals surface area (Å²) in [7, 11) is 3.24. The molecule has 3 aromatic rings. The molecular weight excluding hydrogens is 418 g/mol. The largest absolute Gasteiger partial charge is 0.495 e. The van der Waals surface area contributed by atoms with E-state index in [1.165, 1.54) is 0 Å². The van der Waals surface area contributed by atoms with Crippen molar-refractivity contribution in [2.75, 3.05) is 24.0 Å². The zero-order chi connectivity index (χ0) is 23.2. The van der Waals surface area contributed by atoms with Gasteiger partial charge < -0.3 is 14.4 Å². The molecule has 1 saturated carbocycles. The summed E-state index contributed by atoms with van der Waals surface area (Å²) in [5.74, 6) is 3.84. The second-order valence-corrected chi connectivity index (χ2v) is 8.94. The van der Waals surface area contributed by atoms with Gasteiger partial charge in [0.25, 0.3) is 0 Å². The van der Waals surface area contributed by atoms with Gasteiger partial charge in [-0.2, -0.15) is 0 Å². The maximum atomic E-state index is 13.3. The van der Waals surface area contributed by atoms with Crippen molar-refractivity contribution in [1.29, 1.82) is 0 Å². The molecule has 8 heteroatoms. The van der Waals surface area contributed by atoms with Crippen LogP contribution in [0.25, 0.3) is 0 Å². The number of hydrogen-bond donors (Lipinski definition) is 0. The van der Waals surface area contributed by atoms with E-state index in [0.717, 1.165) is 35.9 Å². The van der Waals surface area contributed by atoms with Crippen LogP contribution in [-0.2, 0) is 10.2 Å². The van der Waals surface area contributed by atoms with Crippen molar-refractivity contribution in [3.8, 4) is 11.5 Å². The van der Waals surface area contributed by atoms with Crippen LogP contribution < -0.4 is 19.3 Å². The lowest BCUT2D eigenvalue weighted by molar-refractivity contribution is -0.123. The average molecular weight is 446 g/mol. The summed E-state index contributed by atoms with van der Waals surface area (Å²) in [4.78, 5) is 31.1. The average Bonchev–Trinajstić information content (AvgIpc) is 3.02. The fraction of sp³-hybridized carbons (Fsp3) is 0.360. The Morgan fingerprint density at radius 3 is 2.06 bits per heavy atom. The molecule has 33 heavy (non-hydrogen) atoms. The fourth-order valence-corrected chi connectivity index (χ4v) is 4.67. The molecule has 1 aliphatic carbocycles. The molecule has 170 valence electrons. The van der Waals surface area contributed by atoms with E-state index in [4.69, 9.17) is 9.47 Å². The molecule has 0 aromatic carbocycles. The second kappa shape index (κ2) is 8.03. The molecule has 0 unspecified atom stereocenters. The van der Waals surface area contributed by atoms with Crippen molar-refractivity contribution >= 4 is 23.4 Å². The van der Waals surface area contributed by atoms with Crippen LogP contribution in [0, 0.1) is 0 Å². The summed E-state index contributed by atoms with van der Waals surface area (Å²) in [6.45, 7) is 3.95. The second-order valence-electron chi connectivity index (χ2n) is 8.94. The zero-order valence-corrected chi connectivity index (χ0v) is 19.2. The number of carbonyl (C=O) groups excluding carboxylic acids is 1. The van der Waals surface area contributed by atoms with Gasteiger partial charge in [0.05, 0.1) is 32.0 Å². The minimum atomic E-state index is -0.566. The molecule has 2 aliphatic rings. The topological polar surface area (TPSA) is 80.7 Å². The summed E-state index contributed by atoms with van der Waals surface area (Å²) in [6, 6.07) is 11.8. The highest BCUT2D eigenvalue weighted by Gasteiger charge is 2.51. The van der Waals surface area contributed by atoms with Crippen LogP contribution in [0.15, 0.2) is 55.0 Å². The van der Waals surface area contributed by atoms with Crippen LogP contribution in [-0.4, -0.2) is 47.2 Å². The lowest BCUT2D eigenvalue weighted by Crippen LogP contribution is -2.55. The van der Waals surface area contributed by atoms with Gasteiger partial charge in [-0.15, -0.1) is 0 Å². The monoisotopic (exact) mass is 445 g/mol. The molecule has 0 N–H and O–H groups in total. The van der Waals surface area contributed by atoms with Crippen LogP contribution in [0.2, 0.25) is 0 Å². The lowest BCUT2D eigenvalue weighted by Gasteiger charge is -2.46. The van der Waals surface area contributed by atoms with E-state index in [1.54, 1.807) is 32.8 Å². The molecule has 0 saturated heterocycles. The van der Waals surface area contributed by atoms with Crippen LogP contribution in [0.3, 0.4) is 0 Å². The van der Waals surface area contributed by atoms with Crippen LogP contribution in [0.4, 0.5) is 17.5 Å². The van der Waals surface area contributed by atoms with Crippen LogP contribution in [0.5, 0.6) is 11.5 Å². The van der Waals surface area contributed by atoms with E-state index < -0.39 is 5.41 Å². The van der Waals surface area contributed by atoms with Crippen molar-refractivity contribution in [2.24, 2.45) is 0 Å². The maximum absolute atomic E-state index is 13.3. The number of aromatic nitrogens is 3. The number of rotatable bonds is 6. The lowest BCUT2D eigenvalue weighted by atomic mass is 9.83. The quantitative estimate of drug-likeness (QED) is 0.570.